The van der Waals surface area contributed by atoms with Crippen LogP contribution >= 0.6 is 0 Å². The van der Waals surface area contributed by atoms with Gasteiger partial charge in [0.05, 0.1) is 12.1 Å². The van der Waals surface area contributed by atoms with Crippen LogP contribution in [0.1, 0.15) is 19.8 Å². The predicted octanol–water partition coefficient (Wildman–Crippen LogP) is -1.89. The molecule has 0 radical (unpaired) electrons. The number of carbonyl (C=O) groups is 3. The predicted molar refractivity (Wildman–Crippen MR) is 77.0 cm³/mol. The lowest BCUT2D eigenvalue weighted by Crippen LogP contribution is -2.53. The van der Waals surface area contributed by atoms with Crippen molar-refractivity contribution in [2.75, 3.05) is 6.54 Å². The highest BCUT2D eigenvalue weighted by atomic mass is 16.4. The van der Waals surface area contributed by atoms with E-state index in [0.29, 0.717) is 6.54 Å². The Hall–Kier alpha value is -2.13. The molecule has 1 saturated heterocycles. The number of Topliss-reactive ketones (excluding diaryl/α,β-unsaturated/α-hetero) is 1. The minimum Gasteiger partial charge on any atom is -0.480 e. The Kier molecular flexibility index (Phi) is 4.67. The summed E-state index contributed by atoms with van der Waals surface area (Å²) < 4.78 is 0. The average molecular weight is 310 g/mol. The molecule has 1 unspecified atom stereocenters. The van der Waals surface area contributed by atoms with Crippen LogP contribution in [-0.4, -0.2) is 70.7 Å². The first kappa shape index (κ1) is 16.2. The van der Waals surface area contributed by atoms with Crippen LogP contribution in [0.15, 0.2) is 9.98 Å². The molecule has 0 aromatic carbocycles. The average Bonchev–Trinajstić information content (AvgIpc) is 3.06. The monoisotopic (exact) mass is 310 g/mol. The molecule has 0 aromatic rings. The zero-order chi connectivity index (χ0) is 16.3. The molecular formula is C13H18N4O5. The number of aliphatic carboxylic acids is 1. The number of nitrogens with zero attached hydrogens (tertiary/aromatic N) is 2. The first-order valence-corrected chi connectivity index (χ1v) is 6.88. The Morgan fingerprint density at radius 3 is 2.68 bits per heavy atom. The molecule has 2 rings (SSSR count). The Balaban J connectivity index is 2.19. The zero-order valence-corrected chi connectivity index (χ0v) is 12.0. The number of β-amino-alcohol motifs (C(OH)–C–C–N with tert-alkyl or cyclic N) is 1. The lowest BCUT2D eigenvalue weighted by molar-refractivity contribution is -0.142. The lowest BCUT2D eigenvalue weighted by Gasteiger charge is -2.27. The van der Waals surface area contributed by atoms with E-state index in [1.54, 1.807) is 0 Å². The number of hydrogen-bond acceptors (Lipinski definition) is 7. The van der Waals surface area contributed by atoms with Crippen LogP contribution in [-0.2, 0) is 14.4 Å². The van der Waals surface area contributed by atoms with E-state index in [0.717, 1.165) is 0 Å². The normalized spacial score (nSPS) is 31.2. The van der Waals surface area contributed by atoms with E-state index in [-0.39, 0.29) is 18.6 Å². The van der Waals surface area contributed by atoms with Crippen LogP contribution in [0.25, 0.3) is 0 Å². The Morgan fingerprint density at radius 2 is 2.23 bits per heavy atom. The van der Waals surface area contributed by atoms with E-state index in [4.69, 9.17) is 0 Å². The number of amides is 1. The summed E-state index contributed by atoms with van der Waals surface area (Å²) in [6.07, 6.45) is 1.87. The third-order valence-electron chi connectivity index (χ3n) is 3.68. The number of carbonyl (C=O) groups excluding carboxylic acids is 2. The Morgan fingerprint density at radius 1 is 1.50 bits per heavy atom. The second kappa shape index (κ2) is 6.32. The number of carboxylic acids is 1. The fourth-order valence-corrected chi connectivity index (χ4v) is 2.63. The van der Waals surface area contributed by atoms with Crippen molar-refractivity contribution in [3.8, 4) is 0 Å². The van der Waals surface area contributed by atoms with Gasteiger partial charge in [-0.15, -0.1) is 0 Å². The highest BCUT2D eigenvalue weighted by Crippen LogP contribution is 2.25. The summed E-state index contributed by atoms with van der Waals surface area (Å²) in [6, 6.07) is -1.88. The number of hydrogen-bond donors (Lipinski definition) is 4. The molecule has 9 nitrogen and oxygen atoms in total. The number of rotatable bonds is 6. The molecule has 4 atom stereocenters. The van der Waals surface area contributed by atoms with Gasteiger partial charge in [0.2, 0.25) is 5.91 Å². The number of aliphatic hydroxyl groups is 1. The molecule has 0 spiro atoms. The SMILES string of the molecule is CC(=O)N[C@@H](CC1(C(=O)[C@@H]2C[C@@H](O)CN2)C=NC=N1)C(=O)O. The lowest BCUT2D eigenvalue weighted by atomic mass is 9.84. The van der Waals surface area contributed by atoms with Crippen molar-refractivity contribution in [1.82, 2.24) is 10.6 Å². The maximum atomic E-state index is 12.7. The number of ketones is 1. The topological polar surface area (TPSA) is 140 Å². The summed E-state index contributed by atoms with van der Waals surface area (Å²) in [6.45, 7) is 1.49. The number of aliphatic hydroxyl groups excluding tert-OH is 1. The van der Waals surface area contributed by atoms with Gasteiger partial charge in [0.15, 0.2) is 11.3 Å². The molecule has 0 saturated carbocycles. The minimum absolute atomic E-state index is 0.227. The Labute approximate surface area is 126 Å². The summed E-state index contributed by atoms with van der Waals surface area (Å²) in [7, 11) is 0. The first-order chi connectivity index (χ1) is 10.3. The van der Waals surface area contributed by atoms with Gasteiger partial charge in [0, 0.05) is 26.1 Å². The van der Waals surface area contributed by atoms with Gasteiger partial charge in [-0.1, -0.05) is 0 Å². The number of nitrogens with one attached hydrogen (secondary N) is 2. The molecule has 2 aliphatic heterocycles. The van der Waals surface area contributed by atoms with Gasteiger partial charge in [-0.2, -0.15) is 0 Å². The van der Waals surface area contributed by atoms with Gasteiger partial charge < -0.3 is 20.8 Å². The van der Waals surface area contributed by atoms with Crippen molar-refractivity contribution in [1.29, 1.82) is 0 Å². The van der Waals surface area contributed by atoms with E-state index in [2.05, 4.69) is 20.6 Å². The highest BCUT2D eigenvalue weighted by molar-refractivity contribution is 6.12. The van der Waals surface area contributed by atoms with Crippen molar-refractivity contribution < 1.29 is 24.6 Å². The van der Waals surface area contributed by atoms with Gasteiger partial charge in [0.25, 0.3) is 0 Å². The van der Waals surface area contributed by atoms with Crippen molar-refractivity contribution in [2.45, 2.75) is 43.5 Å². The van der Waals surface area contributed by atoms with Crippen LogP contribution in [0.5, 0.6) is 0 Å². The fraction of sp³-hybridized carbons (Fsp3) is 0.615. The summed E-state index contributed by atoms with van der Waals surface area (Å²) in [5.41, 5.74) is -1.44. The molecule has 120 valence electrons. The molecule has 1 fully saturated rings. The highest BCUT2D eigenvalue weighted by Gasteiger charge is 2.46. The van der Waals surface area contributed by atoms with Gasteiger partial charge in [-0.3, -0.25) is 14.6 Å². The largest absolute Gasteiger partial charge is 0.480 e. The van der Waals surface area contributed by atoms with E-state index < -0.39 is 35.6 Å². The molecule has 2 heterocycles. The van der Waals surface area contributed by atoms with Gasteiger partial charge in [0.1, 0.15) is 12.4 Å². The third kappa shape index (κ3) is 3.37. The van der Waals surface area contributed by atoms with Crippen LogP contribution < -0.4 is 10.6 Å². The standard InChI is InChI=1S/C13H18N4O5/c1-7(18)17-10(12(21)22)3-13(5-14-6-16-13)11(20)9-2-8(19)4-15-9/h5-6,8-10,15,19H,2-4H2,1H3,(H,17,18)(H,21,22)/t8-,9+,10+,13?/m1/s1. The summed E-state index contributed by atoms with van der Waals surface area (Å²) in [5.74, 6) is -2.13. The summed E-state index contributed by atoms with van der Waals surface area (Å²) >= 11 is 0. The van der Waals surface area contributed by atoms with E-state index in [1.165, 1.54) is 19.5 Å². The molecule has 22 heavy (non-hydrogen) atoms. The second-order valence-corrected chi connectivity index (χ2v) is 5.46. The van der Waals surface area contributed by atoms with Crippen LogP contribution in [0.2, 0.25) is 0 Å². The van der Waals surface area contributed by atoms with E-state index >= 15 is 0 Å². The quantitative estimate of drug-likeness (QED) is 0.452. The minimum atomic E-state index is -1.44. The van der Waals surface area contributed by atoms with Crippen LogP contribution in [0.4, 0.5) is 0 Å². The molecule has 2 aliphatic rings. The maximum absolute atomic E-state index is 12.7. The first-order valence-electron chi connectivity index (χ1n) is 6.88. The molecule has 0 aliphatic carbocycles. The van der Waals surface area contributed by atoms with E-state index in [9.17, 15) is 24.6 Å². The van der Waals surface area contributed by atoms with E-state index in [1.807, 2.05) is 0 Å². The molecule has 1 amide bonds. The molecule has 0 aromatic heterocycles. The third-order valence-corrected chi connectivity index (χ3v) is 3.68. The summed E-state index contributed by atoms with van der Waals surface area (Å²) in [4.78, 5) is 42.9. The van der Waals surface area contributed by atoms with Crippen molar-refractivity contribution in [2.24, 2.45) is 9.98 Å². The van der Waals surface area contributed by atoms with Gasteiger partial charge in [-0.05, 0) is 6.42 Å². The van der Waals surface area contributed by atoms with Crippen molar-refractivity contribution >= 4 is 30.2 Å². The number of aliphatic imine (C=N–C) groups is 2. The summed E-state index contributed by atoms with van der Waals surface area (Å²) in [5, 5.41) is 23.9. The van der Waals surface area contributed by atoms with Gasteiger partial charge in [-0.25, -0.2) is 9.79 Å². The van der Waals surface area contributed by atoms with Crippen molar-refractivity contribution in [3.05, 3.63) is 0 Å². The van der Waals surface area contributed by atoms with Crippen molar-refractivity contribution in [3.63, 3.8) is 0 Å². The molecule has 9 heteroatoms. The molecule has 4 N–H and O–H groups in total. The maximum Gasteiger partial charge on any atom is 0.326 e. The van der Waals surface area contributed by atoms with Crippen LogP contribution in [0.3, 0.4) is 0 Å². The Bertz CT molecular complexity index is 533. The fourth-order valence-electron chi connectivity index (χ4n) is 2.63. The number of carboxylic acid groups (broad SMARTS) is 1. The van der Waals surface area contributed by atoms with Crippen LogP contribution in [0, 0.1) is 0 Å². The molecule has 0 bridgehead atoms. The second-order valence-electron chi connectivity index (χ2n) is 5.46. The zero-order valence-electron chi connectivity index (χ0n) is 12.0. The molecular weight excluding hydrogens is 292 g/mol. The smallest absolute Gasteiger partial charge is 0.326 e. The van der Waals surface area contributed by atoms with Gasteiger partial charge >= 0.3 is 5.97 Å².